The van der Waals surface area contributed by atoms with Gasteiger partial charge in [-0.25, -0.2) is 12.4 Å². The zero-order valence-electron chi connectivity index (χ0n) is 13.8. The van der Waals surface area contributed by atoms with Crippen molar-refractivity contribution in [3.63, 3.8) is 0 Å². The number of benzene rings is 2. The molecule has 0 bridgehead atoms. The van der Waals surface area contributed by atoms with Gasteiger partial charge in [-0.2, -0.15) is 0 Å². The van der Waals surface area contributed by atoms with Crippen LogP contribution < -0.4 is 4.74 Å². The minimum atomic E-state index is -3.84. The Hall–Kier alpha value is -2.86. The molecule has 128 valence electrons. The number of hydrogen-bond donors (Lipinski definition) is 0. The van der Waals surface area contributed by atoms with Gasteiger partial charge in [-0.3, -0.25) is 4.79 Å². The molecule has 0 N–H and O–H groups in total. The molecule has 5 nitrogen and oxygen atoms in total. The molecule has 6 heteroatoms. The average molecular weight is 355 g/mol. The largest absolute Gasteiger partial charge is 0.497 e. The fourth-order valence-corrected chi connectivity index (χ4v) is 3.81. The molecule has 0 saturated carbocycles. The van der Waals surface area contributed by atoms with Gasteiger partial charge in [0.05, 0.1) is 12.0 Å². The summed E-state index contributed by atoms with van der Waals surface area (Å²) in [5, 5.41) is 0. The van der Waals surface area contributed by atoms with Crippen molar-refractivity contribution in [2.45, 2.75) is 11.8 Å². The maximum atomic E-state index is 12.9. The maximum absolute atomic E-state index is 12.9. The van der Waals surface area contributed by atoms with Gasteiger partial charge < -0.3 is 4.74 Å². The Kier molecular flexibility index (Phi) is 4.46. The van der Waals surface area contributed by atoms with Gasteiger partial charge in [0.15, 0.2) is 0 Å². The first-order valence-corrected chi connectivity index (χ1v) is 9.06. The lowest BCUT2D eigenvalue weighted by atomic mass is 10.1. The van der Waals surface area contributed by atoms with Gasteiger partial charge in [-0.05, 0) is 55.5 Å². The van der Waals surface area contributed by atoms with Crippen LogP contribution in [0.4, 0.5) is 0 Å². The van der Waals surface area contributed by atoms with E-state index in [1.807, 2.05) is 6.92 Å². The van der Waals surface area contributed by atoms with Crippen molar-refractivity contribution >= 4 is 15.8 Å². The number of aromatic nitrogens is 1. The van der Waals surface area contributed by atoms with Crippen LogP contribution in [0.3, 0.4) is 0 Å². The Balaban J connectivity index is 2.02. The summed E-state index contributed by atoms with van der Waals surface area (Å²) in [4.78, 5) is 12.9. The van der Waals surface area contributed by atoms with Crippen molar-refractivity contribution in [3.05, 3.63) is 83.7 Å². The number of ketones is 1. The molecule has 0 fully saturated rings. The van der Waals surface area contributed by atoms with Crippen LogP contribution in [0, 0.1) is 6.92 Å². The first kappa shape index (κ1) is 17.0. The van der Waals surface area contributed by atoms with E-state index in [4.69, 9.17) is 4.74 Å². The summed E-state index contributed by atoms with van der Waals surface area (Å²) in [6.07, 6.45) is 1.38. The summed E-state index contributed by atoms with van der Waals surface area (Å²) < 4.78 is 31.8. The highest BCUT2D eigenvalue weighted by Gasteiger charge is 2.23. The highest BCUT2D eigenvalue weighted by atomic mass is 32.2. The van der Waals surface area contributed by atoms with Crippen LogP contribution in [-0.4, -0.2) is 25.3 Å². The third-order valence-electron chi connectivity index (χ3n) is 3.88. The van der Waals surface area contributed by atoms with E-state index in [0.29, 0.717) is 11.3 Å². The molecule has 2 aromatic carbocycles. The minimum Gasteiger partial charge on any atom is -0.497 e. The molecule has 1 aromatic heterocycles. The van der Waals surface area contributed by atoms with Crippen molar-refractivity contribution < 1.29 is 17.9 Å². The van der Waals surface area contributed by atoms with Gasteiger partial charge in [0, 0.05) is 11.8 Å². The molecule has 0 aliphatic carbocycles. The molecule has 0 spiro atoms. The van der Waals surface area contributed by atoms with Gasteiger partial charge in [0.1, 0.15) is 11.4 Å². The highest BCUT2D eigenvalue weighted by molar-refractivity contribution is 7.90. The van der Waals surface area contributed by atoms with E-state index in [-0.39, 0.29) is 16.4 Å². The number of methoxy groups -OCH3 is 1. The van der Waals surface area contributed by atoms with Crippen LogP contribution >= 0.6 is 0 Å². The summed E-state index contributed by atoms with van der Waals surface area (Å²) in [6.45, 7) is 1.88. The summed E-state index contributed by atoms with van der Waals surface area (Å²) >= 11 is 0. The number of rotatable bonds is 5. The van der Waals surface area contributed by atoms with Gasteiger partial charge >= 0.3 is 0 Å². The maximum Gasteiger partial charge on any atom is 0.268 e. The molecule has 0 amide bonds. The number of hydrogen-bond acceptors (Lipinski definition) is 4. The first-order valence-electron chi connectivity index (χ1n) is 7.62. The standard InChI is InChI=1S/C19H17NO4S/c1-14-5-11-17(12-6-14)25(22,23)20-13-3-4-18(20)19(21)15-7-9-16(24-2)10-8-15/h3-13H,1-2H3. The molecule has 0 saturated heterocycles. The second-order valence-corrected chi connectivity index (χ2v) is 7.38. The quantitative estimate of drug-likeness (QED) is 0.659. The average Bonchev–Trinajstić information content (AvgIpc) is 3.12. The number of carbonyl (C=O) groups is 1. The molecule has 0 aliphatic rings. The molecular weight excluding hydrogens is 338 g/mol. The number of aryl methyl sites for hydroxylation is 1. The van der Waals surface area contributed by atoms with E-state index < -0.39 is 10.0 Å². The molecule has 0 aliphatic heterocycles. The molecular formula is C19H17NO4S. The van der Waals surface area contributed by atoms with E-state index in [2.05, 4.69) is 0 Å². The van der Waals surface area contributed by atoms with Crippen LogP contribution in [-0.2, 0) is 10.0 Å². The van der Waals surface area contributed by atoms with Crippen LogP contribution in [0.25, 0.3) is 0 Å². The van der Waals surface area contributed by atoms with Crippen molar-refractivity contribution in [2.24, 2.45) is 0 Å². The zero-order valence-corrected chi connectivity index (χ0v) is 14.7. The summed E-state index contributed by atoms with van der Waals surface area (Å²) in [6, 6.07) is 16.1. The zero-order chi connectivity index (χ0) is 18.0. The van der Waals surface area contributed by atoms with Crippen LogP contribution in [0.1, 0.15) is 21.6 Å². The molecule has 0 atom stereocenters. The molecule has 3 rings (SSSR count). The molecule has 0 radical (unpaired) electrons. The Morgan fingerprint density at radius 1 is 0.960 bits per heavy atom. The number of ether oxygens (including phenoxy) is 1. The van der Waals surface area contributed by atoms with Crippen molar-refractivity contribution in [2.75, 3.05) is 7.11 Å². The minimum absolute atomic E-state index is 0.0886. The first-order chi connectivity index (χ1) is 11.9. The fraction of sp³-hybridized carbons (Fsp3) is 0.105. The predicted molar refractivity (Wildman–Crippen MR) is 94.6 cm³/mol. The number of nitrogens with zero attached hydrogens (tertiary/aromatic N) is 1. The topological polar surface area (TPSA) is 65.4 Å². The second kappa shape index (κ2) is 6.57. The lowest BCUT2D eigenvalue weighted by Gasteiger charge is -2.10. The Morgan fingerprint density at radius 2 is 1.60 bits per heavy atom. The van der Waals surface area contributed by atoms with Gasteiger partial charge in [-0.15, -0.1) is 0 Å². The summed E-state index contributed by atoms with van der Waals surface area (Å²) in [5.74, 6) is 0.252. The number of carbonyl (C=O) groups excluding carboxylic acids is 1. The van der Waals surface area contributed by atoms with E-state index in [0.717, 1.165) is 9.54 Å². The Bertz CT molecular complexity index is 1000. The normalized spacial score (nSPS) is 11.3. The van der Waals surface area contributed by atoms with Crippen molar-refractivity contribution in [3.8, 4) is 5.75 Å². The van der Waals surface area contributed by atoms with E-state index in [1.165, 1.54) is 31.5 Å². The Labute approximate surface area is 146 Å². The smallest absolute Gasteiger partial charge is 0.268 e. The van der Waals surface area contributed by atoms with Gasteiger partial charge in [0.25, 0.3) is 10.0 Å². The van der Waals surface area contributed by atoms with Crippen LogP contribution in [0.2, 0.25) is 0 Å². The van der Waals surface area contributed by atoms with Crippen LogP contribution in [0.5, 0.6) is 5.75 Å². The predicted octanol–water partition coefficient (Wildman–Crippen LogP) is 3.27. The van der Waals surface area contributed by atoms with E-state index >= 15 is 0 Å². The molecule has 1 heterocycles. The van der Waals surface area contributed by atoms with E-state index in [1.54, 1.807) is 42.5 Å². The van der Waals surface area contributed by atoms with Crippen LogP contribution in [0.15, 0.2) is 71.8 Å². The fourth-order valence-electron chi connectivity index (χ4n) is 2.47. The lowest BCUT2D eigenvalue weighted by molar-refractivity contribution is 0.103. The lowest BCUT2D eigenvalue weighted by Crippen LogP contribution is -2.18. The molecule has 0 unspecified atom stereocenters. The summed E-state index contributed by atoms with van der Waals surface area (Å²) in [5.41, 5.74) is 1.44. The van der Waals surface area contributed by atoms with Crippen molar-refractivity contribution in [1.82, 2.24) is 3.97 Å². The second-order valence-electron chi connectivity index (χ2n) is 5.56. The van der Waals surface area contributed by atoms with Crippen molar-refractivity contribution in [1.29, 1.82) is 0 Å². The van der Waals surface area contributed by atoms with Gasteiger partial charge in [-0.1, -0.05) is 17.7 Å². The summed E-state index contributed by atoms with van der Waals surface area (Å²) in [7, 11) is -2.30. The third kappa shape index (κ3) is 3.21. The molecule has 25 heavy (non-hydrogen) atoms. The third-order valence-corrected chi connectivity index (χ3v) is 5.58. The molecule has 3 aromatic rings. The highest BCUT2D eigenvalue weighted by Crippen LogP contribution is 2.20. The van der Waals surface area contributed by atoms with Gasteiger partial charge in [0.2, 0.25) is 5.78 Å². The van der Waals surface area contributed by atoms with E-state index in [9.17, 15) is 13.2 Å². The Morgan fingerprint density at radius 3 is 2.20 bits per heavy atom. The monoisotopic (exact) mass is 355 g/mol. The SMILES string of the molecule is COc1ccc(C(=O)c2cccn2S(=O)(=O)c2ccc(C)cc2)cc1.